The number of rotatable bonds is 5. The predicted molar refractivity (Wildman–Crippen MR) is 113 cm³/mol. The van der Waals surface area contributed by atoms with Crippen LogP contribution in [0.1, 0.15) is 44.9 Å². The van der Waals surface area contributed by atoms with Crippen LogP contribution in [0.25, 0.3) is 5.69 Å². The van der Waals surface area contributed by atoms with Gasteiger partial charge in [0.1, 0.15) is 12.4 Å². The molecule has 2 N–H and O–H groups in total. The third kappa shape index (κ3) is 5.05. The van der Waals surface area contributed by atoms with E-state index in [0.29, 0.717) is 18.5 Å². The smallest absolute Gasteiger partial charge is 0.343 e. The Morgan fingerprint density at radius 1 is 0.970 bits per heavy atom. The molecule has 0 saturated carbocycles. The first-order valence-electron chi connectivity index (χ1n) is 10.3. The molecule has 172 valence electrons. The highest BCUT2D eigenvalue weighted by molar-refractivity contribution is 6.09. The minimum Gasteiger partial charge on any atom is -0.343 e. The quantitative estimate of drug-likeness (QED) is 0.553. The number of nitrogens with zero attached hydrogens (tertiary/aromatic N) is 2. The van der Waals surface area contributed by atoms with Crippen LogP contribution < -0.4 is 10.6 Å². The summed E-state index contributed by atoms with van der Waals surface area (Å²) in [5.41, 5.74) is 2.38. The van der Waals surface area contributed by atoms with Gasteiger partial charge in [0.05, 0.1) is 16.9 Å². The van der Waals surface area contributed by atoms with Crippen LogP contribution in [0.4, 0.5) is 23.2 Å². The van der Waals surface area contributed by atoms with E-state index in [-0.39, 0.29) is 16.9 Å². The Bertz CT molecular complexity index is 1190. The zero-order chi connectivity index (χ0) is 23.6. The number of carbonyl (C=O) groups excluding carboxylic acids is 2. The summed E-state index contributed by atoms with van der Waals surface area (Å²) >= 11 is 0. The van der Waals surface area contributed by atoms with Crippen LogP contribution >= 0.6 is 0 Å². The lowest BCUT2D eigenvalue weighted by Gasteiger charge is -2.14. The molecule has 3 aromatic rings. The second-order valence-corrected chi connectivity index (χ2v) is 7.67. The first-order chi connectivity index (χ1) is 15.7. The molecule has 10 heteroatoms. The summed E-state index contributed by atoms with van der Waals surface area (Å²) < 4.78 is 52.4. The highest BCUT2D eigenvalue weighted by Crippen LogP contribution is 2.28. The van der Waals surface area contributed by atoms with Gasteiger partial charge < -0.3 is 10.6 Å². The lowest BCUT2D eigenvalue weighted by atomic mass is 9.95. The Hall–Kier alpha value is -3.69. The van der Waals surface area contributed by atoms with E-state index in [1.165, 1.54) is 30.3 Å². The SMILES string of the molecule is O=C(NCC(F)(F)F)c1ccccc1NC(=O)c1nn(-c2ccc(F)cc2)c2c1CCCC2. The summed E-state index contributed by atoms with van der Waals surface area (Å²) in [6.07, 6.45) is -1.43. The third-order valence-corrected chi connectivity index (χ3v) is 5.34. The van der Waals surface area contributed by atoms with Gasteiger partial charge in [0.15, 0.2) is 5.69 Å². The maximum Gasteiger partial charge on any atom is 0.405 e. The predicted octanol–water partition coefficient (Wildman–Crippen LogP) is 4.43. The van der Waals surface area contributed by atoms with Crippen molar-refractivity contribution < 1.29 is 27.2 Å². The van der Waals surface area contributed by atoms with Crippen molar-refractivity contribution in [3.05, 3.63) is 76.9 Å². The number of benzene rings is 2. The number of hydrogen-bond donors (Lipinski definition) is 2. The van der Waals surface area contributed by atoms with Crippen LogP contribution in [0.3, 0.4) is 0 Å². The van der Waals surface area contributed by atoms with Crippen molar-refractivity contribution >= 4 is 17.5 Å². The number of halogens is 4. The van der Waals surface area contributed by atoms with Gasteiger partial charge in [0, 0.05) is 11.3 Å². The summed E-state index contributed by atoms with van der Waals surface area (Å²) in [4.78, 5) is 25.4. The summed E-state index contributed by atoms with van der Waals surface area (Å²) in [5.74, 6) is -1.93. The van der Waals surface area contributed by atoms with E-state index in [9.17, 15) is 27.2 Å². The molecule has 0 fully saturated rings. The standard InChI is InChI=1S/C23H20F4N4O2/c24-14-9-11-15(12-10-14)31-19-8-4-2-6-17(19)20(30-31)22(33)29-18-7-3-1-5-16(18)21(32)28-13-23(25,26)27/h1,3,5,7,9-12H,2,4,6,8,13H2,(H,28,32)(H,29,33). The van der Waals surface area contributed by atoms with Gasteiger partial charge in [-0.25, -0.2) is 9.07 Å². The number of para-hydroxylation sites is 1. The Balaban J connectivity index is 1.62. The van der Waals surface area contributed by atoms with E-state index in [0.717, 1.165) is 24.1 Å². The average Bonchev–Trinajstić information content (AvgIpc) is 3.18. The fraction of sp³-hybridized carbons (Fsp3) is 0.261. The fourth-order valence-electron chi connectivity index (χ4n) is 3.82. The normalized spacial score (nSPS) is 13.3. The molecular formula is C23H20F4N4O2. The molecule has 1 aliphatic rings. The summed E-state index contributed by atoms with van der Waals surface area (Å²) in [6.45, 7) is -1.48. The minimum atomic E-state index is -4.56. The van der Waals surface area contributed by atoms with Gasteiger partial charge in [0.25, 0.3) is 11.8 Å². The van der Waals surface area contributed by atoms with Crippen molar-refractivity contribution in [2.45, 2.75) is 31.9 Å². The van der Waals surface area contributed by atoms with E-state index < -0.39 is 30.4 Å². The second-order valence-electron chi connectivity index (χ2n) is 7.67. The molecule has 4 rings (SSSR count). The average molecular weight is 460 g/mol. The van der Waals surface area contributed by atoms with Crippen molar-refractivity contribution in [3.63, 3.8) is 0 Å². The molecule has 1 heterocycles. The van der Waals surface area contributed by atoms with Crippen LogP contribution in [0, 0.1) is 5.82 Å². The maximum absolute atomic E-state index is 13.4. The molecule has 1 aromatic heterocycles. The molecule has 2 amide bonds. The molecule has 0 radical (unpaired) electrons. The van der Waals surface area contributed by atoms with E-state index in [4.69, 9.17) is 0 Å². The van der Waals surface area contributed by atoms with Crippen LogP contribution in [0.15, 0.2) is 48.5 Å². The second kappa shape index (κ2) is 9.05. The van der Waals surface area contributed by atoms with Gasteiger partial charge in [-0.2, -0.15) is 18.3 Å². The lowest BCUT2D eigenvalue weighted by Crippen LogP contribution is -2.34. The van der Waals surface area contributed by atoms with Crippen molar-refractivity contribution in [3.8, 4) is 5.69 Å². The highest BCUT2D eigenvalue weighted by atomic mass is 19.4. The molecule has 1 aliphatic carbocycles. The number of aromatic nitrogens is 2. The van der Waals surface area contributed by atoms with Crippen molar-refractivity contribution in [2.24, 2.45) is 0 Å². The van der Waals surface area contributed by atoms with Gasteiger partial charge in [0.2, 0.25) is 0 Å². The topological polar surface area (TPSA) is 76.0 Å². The van der Waals surface area contributed by atoms with Gasteiger partial charge in [-0.1, -0.05) is 12.1 Å². The molecular weight excluding hydrogens is 440 g/mol. The Kier molecular flexibility index (Phi) is 6.17. The lowest BCUT2D eigenvalue weighted by molar-refractivity contribution is -0.123. The zero-order valence-electron chi connectivity index (χ0n) is 17.4. The van der Waals surface area contributed by atoms with Crippen LogP contribution in [-0.4, -0.2) is 34.3 Å². The van der Waals surface area contributed by atoms with Gasteiger partial charge in [-0.15, -0.1) is 0 Å². The highest BCUT2D eigenvalue weighted by Gasteiger charge is 2.29. The van der Waals surface area contributed by atoms with Crippen LogP contribution in [0.5, 0.6) is 0 Å². The first kappa shape index (κ1) is 22.5. The number of anilines is 1. The Morgan fingerprint density at radius 2 is 1.67 bits per heavy atom. The molecule has 0 bridgehead atoms. The monoisotopic (exact) mass is 460 g/mol. The molecule has 0 aliphatic heterocycles. The summed E-state index contributed by atoms with van der Waals surface area (Å²) in [5, 5.41) is 8.88. The Morgan fingerprint density at radius 3 is 2.39 bits per heavy atom. The van der Waals surface area contributed by atoms with E-state index >= 15 is 0 Å². The number of nitrogens with one attached hydrogen (secondary N) is 2. The van der Waals surface area contributed by atoms with Crippen molar-refractivity contribution in [2.75, 3.05) is 11.9 Å². The molecule has 33 heavy (non-hydrogen) atoms. The fourth-order valence-corrected chi connectivity index (χ4v) is 3.82. The van der Waals surface area contributed by atoms with Gasteiger partial charge >= 0.3 is 6.18 Å². The van der Waals surface area contributed by atoms with Gasteiger partial charge in [-0.3, -0.25) is 9.59 Å². The van der Waals surface area contributed by atoms with E-state index in [2.05, 4.69) is 10.4 Å². The largest absolute Gasteiger partial charge is 0.405 e. The van der Waals surface area contributed by atoms with Crippen molar-refractivity contribution in [1.82, 2.24) is 15.1 Å². The third-order valence-electron chi connectivity index (χ3n) is 5.34. The molecule has 0 saturated heterocycles. The van der Waals surface area contributed by atoms with Crippen LogP contribution in [-0.2, 0) is 12.8 Å². The number of fused-ring (bicyclic) bond motifs is 1. The minimum absolute atomic E-state index is 0.0723. The Labute approximate surface area is 186 Å². The molecule has 0 spiro atoms. The first-order valence-corrected chi connectivity index (χ1v) is 10.3. The number of carbonyl (C=O) groups is 2. The number of alkyl halides is 3. The van der Waals surface area contributed by atoms with E-state index in [1.54, 1.807) is 28.2 Å². The summed E-state index contributed by atoms with van der Waals surface area (Å²) in [7, 11) is 0. The molecule has 6 nitrogen and oxygen atoms in total. The van der Waals surface area contributed by atoms with Gasteiger partial charge in [-0.05, 0) is 62.1 Å². The van der Waals surface area contributed by atoms with Crippen LogP contribution in [0.2, 0.25) is 0 Å². The molecule has 0 unspecified atom stereocenters. The van der Waals surface area contributed by atoms with E-state index in [1.807, 2.05) is 0 Å². The van der Waals surface area contributed by atoms with Crippen molar-refractivity contribution in [1.29, 1.82) is 0 Å². The number of amides is 2. The number of hydrogen-bond acceptors (Lipinski definition) is 3. The summed E-state index contributed by atoms with van der Waals surface area (Å²) in [6, 6.07) is 11.6. The zero-order valence-corrected chi connectivity index (χ0v) is 17.4. The molecule has 2 aromatic carbocycles. The maximum atomic E-state index is 13.4. The molecule has 0 atom stereocenters.